The maximum Gasteiger partial charge on any atom is 0.326 e. The van der Waals surface area contributed by atoms with Crippen LogP contribution < -0.4 is 10.6 Å². The second kappa shape index (κ2) is 7.71. The van der Waals surface area contributed by atoms with Gasteiger partial charge in [-0.15, -0.1) is 0 Å². The van der Waals surface area contributed by atoms with Crippen LogP contribution in [0.5, 0.6) is 0 Å². The summed E-state index contributed by atoms with van der Waals surface area (Å²) in [4.78, 5) is 22.5. The number of para-hydroxylation sites is 2. The van der Waals surface area contributed by atoms with E-state index in [9.17, 15) is 4.79 Å². The molecule has 0 unspecified atom stereocenters. The van der Waals surface area contributed by atoms with E-state index in [4.69, 9.17) is 0 Å². The molecule has 8 nitrogen and oxygen atoms in total. The first-order valence-corrected chi connectivity index (χ1v) is 11.1. The molecular weight excluding hydrogens is 414 g/mol. The first-order chi connectivity index (χ1) is 16.2. The predicted molar refractivity (Wildman–Crippen MR) is 127 cm³/mol. The van der Waals surface area contributed by atoms with E-state index in [2.05, 4.69) is 42.3 Å². The first kappa shape index (κ1) is 19.4. The Morgan fingerprint density at radius 3 is 2.70 bits per heavy atom. The zero-order chi connectivity index (χ0) is 22.4. The van der Waals surface area contributed by atoms with E-state index in [-0.39, 0.29) is 11.7 Å². The smallest absolute Gasteiger partial charge is 0.326 e. The van der Waals surface area contributed by atoms with Gasteiger partial charge in [0.05, 0.1) is 29.0 Å². The number of H-pyrrole nitrogens is 1. The van der Waals surface area contributed by atoms with Gasteiger partial charge in [-0.1, -0.05) is 24.1 Å². The van der Waals surface area contributed by atoms with Gasteiger partial charge in [0.2, 0.25) is 0 Å². The molecule has 0 saturated carbocycles. The van der Waals surface area contributed by atoms with Crippen molar-refractivity contribution < 1.29 is 0 Å². The normalized spacial score (nSPS) is 14.6. The van der Waals surface area contributed by atoms with Gasteiger partial charge in [0, 0.05) is 32.4 Å². The summed E-state index contributed by atoms with van der Waals surface area (Å²) in [6.07, 6.45) is 7.26. The van der Waals surface area contributed by atoms with Crippen molar-refractivity contribution in [2.75, 3.05) is 18.0 Å². The highest BCUT2D eigenvalue weighted by molar-refractivity contribution is 5.75. The molecule has 1 N–H and O–H groups in total. The number of anilines is 1. The highest BCUT2D eigenvalue weighted by Gasteiger charge is 2.25. The molecule has 1 saturated heterocycles. The standard InChI is InChI=1S/C25H23N7O/c1-29-17-18(15-27-29)9-10-20-16-26-23-7-4-8-24(32(20)23)30-13-11-19(12-14-30)31-22-6-3-2-5-21(22)28-25(31)33/h2-8,15-17,19H,11-14H2,1H3,(H,28,33). The Kier molecular flexibility index (Phi) is 4.54. The lowest BCUT2D eigenvalue weighted by molar-refractivity contribution is 0.395. The molecule has 0 aliphatic carbocycles. The third-order valence-electron chi connectivity index (χ3n) is 6.33. The van der Waals surface area contributed by atoms with E-state index in [1.54, 1.807) is 10.9 Å². The maximum absolute atomic E-state index is 12.6. The number of rotatable bonds is 2. The fourth-order valence-corrected chi connectivity index (χ4v) is 4.77. The molecule has 0 spiro atoms. The zero-order valence-electron chi connectivity index (χ0n) is 18.3. The van der Waals surface area contributed by atoms with Gasteiger partial charge in [-0.2, -0.15) is 5.10 Å². The average molecular weight is 438 g/mol. The van der Waals surface area contributed by atoms with Gasteiger partial charge >= 0.3 is 5.69 Å². The summed E-state index contributed by atoms with van der Waals surface area (Å²) in [5.74, 6) is 7.52. The van der Waals surface area contributed by atoms with Crippen molar-refractivity contribution in [3.8, 4) is 11.8 Å². The van der Waals surface area contributed by atoms with Gasteiger partial charge < -0.3 is 9.88 Å². The Morgan fingerprint density at radius 1 is 1.03 bits per heavy atom. The average Bonchev–Trinajstić information content (AvgIpc) is 3.53. The lowest BCUT2D eigenvalue weighted by Crippen LogP contribution is -2.37. The topological polar surface area (TPSA) is 76.2 Å². The summed E-state index contributed by atoms with van der Waals surface area (Å²) < 4.78 is 5.78. The van der Waals surface area contributed by atoms with Gasteiger partial charge in [-0.3, -0.25) is 13.6 Å². The minimum Gasteiger partial charge on any atom is -0.358 e. The van der Waals surface area contributed by atoms with Crippen LogP contribution in [0.1, 0.15) is 30.1 Å². The third kappa shape index (κ3) is 3.38. The molecular formula is C25H23N7O. The Hall–Kier alpha value is -4.25. The highest BCUT2D eigenvalue weighted by Crippen LogP contribution is 2.29. The number of piperidine rings is 1. The second-order valence-corrected chi connectivity index (χ2v) is 8.41. The van der Waals surface area contributed by atoms with Crippen LogP contribution in [-0.4, -0.2) is 41.8 Å². The number of aromatic nitrogens is 6. The fraction of sp³-hybridized carbons (Fsp3) is 0.240. The maximum atomic E-state index is 12.6. The fourth-order valence-electron chi connectivity index (χ4n) is 4.77. The molecule has 0 amide bonds. The highest BCUT2D eigenvalue weighted by atomic mass is 16.1. The molecule has 1 aliphatic rings. The Labute approximate surface area is 190 Å². The number of imidazole rings is 2. The lowest BCUT2D eigenvalue weighted by atomic mass is 10.0. The lowest BCUT2D eigenvalue weighted by Gasteiger charge is -2.34. The van der Waals surface area contributed by atoms with Crippen LogP contribution in [0, 0.1) is 11.8 Å². The first-order valence-electron chi connectivity index (χ1n) is 11.1. The second-order valence-electron chi connectivity index (χ2n) is 8.41. The van der Waals surface area contributed by atoms with Crippen molar-refractivity contribution in [1.82, 2.24) is 28.7 Å². The van der Waals surface area contributed by atoms with Crippen molar-refractivity contribution in [1.29, 1.82) is 0 Å². The molecule has 1 aliphatic heterocycles. The number of benzene rings is 1. The van der Waals surface area contributed by atoms with Crippen molar-refractivity contribution in [3.63, 3.8) is 0 Å². The number of nitrogens with zero attached hydrogens (tertiary/aromatic N) is 6. The monoisotopic (exact) mass is 437 g/mol. The molecule has 0 bridgehead atoms. The molecule has 4 aromatic heterocycles. The van der Waals surface area contributed by atoms with Crippen LogP contribution in [0.4, 0.5) is 5.82 Å². The summed E-state index contributed by atoms with van der Waals surface area (Å²) in [7, 11) is 1.88. The molecule has 33 heavy (non-hydrogen) atoms. The third-order valence-corrected chi connectivity index (χ3v) is 6.33. The minimum atomic E-state index is -0.0284. The molecule has 8 heteroatoms. The van der Waals surface area contributed by atoms with Crippen molar-refractivity contribution in [2.45, 2.75) is 18.9 Å². The van der Waals surface area contributed by atoms with Crippen LogP contribution in [0.15, 0.2) is 65.8 Å². The number of aryl methyl sites for hydroxylation is 1. The van der Waals surface area contributed by atoms with E-state index in [1.807, 2.05) is 60.4 Å². The number of pyridine rings is 1. The van der Waals surface area contributed by atoms with E-state index >= 15 is 0 Å². The van der Waals surface area contributed by atoms with Crippen molar-refractivity contribution >= 4 is 22.5 Å². The van der Waals surface area contributed by atoms with Crippen LogP contribution in [0.3, 0.4) is 0 Å². The molecule has 1 fully saturated rings. The zero-order valence-corrected chi connectivity index (χ0v) is 18.3. The molecule has 5 heterocycles. The summed E-state index contributed by atoms with van der Waals surface area (Å²) in [5.41, 5.74) is 4.43. The van der Waals surface area contributed by atoms with Gasteiger partial charge in [-0.05, 0) is 43.0 Å². The van der Waals surface area contributed by atoms with Crippen LogP contribution >= 0.6 is 0 Å². The summed E-state index contributed by atoms with van der Waals surface area (Å²) in [6, 6.07) is 14.2. The number of fused-ring (bicyclic) bond motifs is 2. The van der Waals surface area contributed by atoms with Crippen LogP contribution in [0.2, 0.25) is 0 Å². The van der Waals surface area contributed by atoms with E-state index in [0.717, 1.165) is 59.7 Å². The molecule has 164 valence electrons. The van der Waals surface area contributed by atoms with E-state index in [1.165, 1.54) is 0 Å². The van der Waals surface area contributed by atoms with Gasteiger partial charge in [0.15, 0.2) is 0 Å². The Bertz CT molecular complexity index is 1580. The van der Waals surface area contributed by atoms with Crippen LogP contribution in [-0.2, 0) is 7.05 Å². The number of nitrogens with one attached hydrogen (secondary N) is 1. The van der Waals surface area contributed by atoms with E-state index in [0.29, 0.717) is 0 Å². The minimum absolute atomic E-state index is 0.0284. The summed E-state index contributed by atoms with van der Waals surface area (Å²) in [5, 5.41) is 4.18. The van der Waals surface area contributed by atoms with E-state index < -0.39 is 0 Å². The number of hydrogen-bond donors (Lipinski definition) is 1. The Morgan fingerprint density at radius 2 is 1.88 bits per heavy atom. The summed E-state index contributed by atoms with van der Waals surface area (Å²) >= 11 is 0. The number of aromatic amines is 1. The SMILES string of the molecule is Cn1cc(C#Cc2cnc3cccc(N4CCC(n5c(=O)[nH]c6ccccc65)CC4)n23)cn1. The molecule has 5 aromatic rings. The van der Waals surface area contributed by atoms with Gasteiger partial charge in [0.1, 0.15) is 17.2 Å². The molecule has 0 radical (unpaired) electrons. The summed E-state index contributed by atoms with van der Waals surface area (Å²) in [6.45, 7) is 1.70. The number of hydrogen-bond acceptors (Lipinski definition) is 4. The van der Waals surface area contributed by atoms with Crippen LogP contribution in [0.25, 0.3) is 16.7 Å². The molecule has 6 rings (SSSR count). The van der Waals surface area contributed by atoms with Crippen molar-refractivity contribution in [3.05, 3.63) is 82.8 Å². The predicted octanol–water partition coefficient (Wildman–Crippen LogP) is 2.95. The molecule has 0 atom stereocenters. The quantitative estimate of drug-likeness (QED) is 0.431. The Balaban J connectivity index is 1.29. The molecule has 1 aromatic carbocycles. The largest absolute Gasteiger partial charge is 0.358 e. The van der Waals surface area contributed by atoms with Gasteiger partial charge in [0.25, 0.3) is 0 Å². The van der Waals surface area contributed by atoms with Crippen molar-refractivity contribution in [2.24, 2.45) is 7.05 Å². The van der Waals surface area contributed by atoms with Gasteiger partial charge in [-0.25, -0.2) is 9.78 Å².